The first kappa shape index (κ1) is 15.1. The lowest BCUT2D eigenvalue weighted by Crippen LogP contribution is -2.37. The van der Waals surface area contributed by atoms with Crippen molar-refractivity contribution in [1.29, 1.82) is 0 Å². The molecule has 0 amide bonds. The zero-order valence-corrected chi connectivity index (χ0v) is 14.3. The van der Waals surface area contributed by atoms with Crippen LogP contribution < -0.4 is 0 Å². The number of aromatic nitrogens is 3. The van der Waals surface area contributed by atoms with Crippen LogP contribution in [-0.2, 0) is 5.41 Å². The van der Waals surface area contributed by atoms with E-state index in [1.54, 1.807) is 0 Å². The number of hydrogen-bond acceptors (Lipinski definition) is 3. The average molecular weight is 318 g/mol. The molecule has 1 saturated carbocycles. The molecule has 1 aliphatic rings. The number of aliphatic imine (C=N–C) groups is 1. The number of fused-ring (bicyclic) bond motifs is 1. The van der Waals surface area contributed by atoms with E-state index in [1.807, 2.05) is 24.7 Å². The SMILES string of the molecule is C=NCC1(c2ccc3cnn(-c4cc(C)nc(C)c4)c3c2)CCC1. The minimum absolute atomic E-state index is 0.176. The van der Waals surface area contributed by atoms with Gasteiger partial charge in [-0.2, -0.15) is 5.10 Å². The summed E-state index contributed by atoms with van der Waals surface area (Å²) in [5.41, 5.74) is 5.77. The van der Waals surface area contributed by atoms with Crippen LogP contribution >= 0.6 is 0 Å². The first-order valence-electron chi connectivity index (χ1n) is 8.48. The molecule has 0 N–H and O–H groups in total. The van der Waals surface area contributed by atoms with Crippen LogP contribution in [0.5, 0.6) is 0 Å². The maximum atomic E-state index is 4.61. The van der Waals surface area contributed by atoms with Gasteiger partial charge >= 0.3 is 0 Å². The summed E-state index contributed by atoms with van der Waals surface area (Å²) in [5.74, 6) is 0. The lowest BCUT2D eigenvalue weighted by atomic mass is 9.64. The Morgan fingerprint density at radius 1 is 1.17 bits per heavy atom. The van der Waals surface area contributed by atoms with Crippen LogP contribution in [0.4, 0.5) is 0 Å². The number of nitrogens with zero attached hydrogens (tertiary/aromatic N) is 4. The summed E-state index contributed by atoms with van der Waals surface area (Å²) in [6.45, 7) is 8.56. The summed E-state index contributed by atoms with van der Waals surface area (Å²) in [5, 5.41) is 5.77. The molecule has 2 aromatic heterocycles. The van der Waals surface area contributed by atoms with Crippen molar-refractivity contribution in [3.05, 3.63) is 53.5 Å². The predicted octanol–water partition coefficient (Wildman–Crippen LogP) is 4.16. The molecule has 3 aromatic rings. The minimum Gasteiger partial charge on any atom is -0.300 e. The molecule has 1 aromatic carbocycles. The van der Waals surface area contributed by atoms with Gasteiger partial charge in [0.05, 0.1) is 17.4 Å². The maximum absolute atomic E-state index is 4.61. The Balaban J connectivity index is 1.86. The van der Waals surface area contributed by atoms with Gasteiger partial charge in [-0.1, -0.05) is 18.6 Å². The summed E-state index contributed by atoms with van der Waals surface area (Å²) in [7, 11) is 0. The molecule has 0 unspecified atom stereocenters. The van der Waals surface area contributed by atoms with E-state index >= 15 is 0 Å². The van der Waals surface area contributed by atoms with E-state index in [-0.39, 0.29) is 5.41 Å². The van der Waals surface area contributed by atoms with Crippen LogP contribution in [0.15, 0.2) is 41.5 Å². The van der Waals surface area contributed by atoms with E-state index in [0.29, 0.717) is 0 Å². The van der Waals surface area contributed by atoms with E-state index in [4.69, 9.17) is 0 Å². The first-order valence-corrected chi connectivity index (χ1v) is 8.48. The van der Waals surface area contributed by atoms with Crippen molar-refractivity contribution in [2.24, 2.45) is 4.99 Å². The van der Waals surface area contributed by atoms with Crippen molar-refractivity contribution in [3.8, 4) is 5.69 Å². The third-order valence-corrected chi connectivity index (χ3v) is 5.22. The van der Waals surface area contributed by atoms with Crippen molar-refractivity contribution in [1.82, 2.24) is 14.8 Å². The van der Waals surface area contributed by atoms with Gasteiger partial charge in [-0.25, -0.2) is 4.68 Å². The quantitative estimate of drug-likeness (QED) is 0.678. The van der Waals surface area contributed by atoms with Gasteiger partial charge in [0.15, 0.2) is 0 Å². The number of hydrogen-bond donors (Lipinski definition) is 0. The van der Waals surface area contributed by atoms with Gasteiger partial charge in [-0.15, -0.1) is 0 Å². The van der Waals surface area contributed by atoms with Crippen molar-refractivity contribution in [2.45, 2.75) is 38.5 Å². The second kappa shape index (κ2) is 5.55. The second-order valence-corrected chi connectivity index (χ2v) is 6.95. The molecular weight excluding hydrogens is 296 g/mol. The molecule has 2 heterocycles. The Kier molecular flexibility index (Phi) is 3.48. The Bertz CT molecular complexity index is 898. The summed E-state index contributed by atoms with van der Waals surface area (Å²) in [4.78, 5) is 8.66. The highest BCUT2D eigenvalue weighted by Crippen LogP contribution is 2.44. The van der Waals surface area contributed by atoms with Crippen molar-refractivity contribution >= 4 is 17.6 Å². The van der Waals surface area contributed by atoms with Crippen LogP contribution in [0, 0.1) is 13.8 Å². The molecule has 24 heavy (non-hydrogen) atoms. The van der Waals surface area contributed by atoms with Gasteiger partial charge in [0.1, 0.15) is 0 Å². The minimum atomic E-state index is 0.176. The maximum Gasteiger partial charge on any atom is 0.0744 e. The number of aryl methyl sites for hydroxylation is 2. The number of benzene rings is 1. The average Bonchev–Trinajstić information content (AvgIpc) is 2.93. The molecule has 0 saturated heterocycles. The highest BCUT2D eigenvalue weighted by Gasteiger charge is 2.38. The molecule has 0 radical (unpaired) electrons. The van der Waals surface area contributed by atoms with Gasteiger partial charge in [0, 0.05) is 28.7 Å². The predicted molar refractivity (Wildman–Crippen MR) is 98.3 cm³/mol. The molecular formula is C20H22N4. The molecule has 4 rings (SSSR count). The topological polar surface area (TPSA) is 43.1 Å². The largest absolute Gasteiger partial charge is 0.300 e. The van der Waals surface area contributed by atoms with Gasteiger partial charge in [0.2, 0.25) is 0 Å². The van der Waals surface area contributed by atoms with E-state index in [0.717, 1.165) is 34.5 Å². The van der Waals surface area contributed by atoms with Crippen LogP contribution in [0.2, 0.25) is 0 Å². The molecule has 1 fully saturated rings. The Morgan fingerprint density at radius 2 is 1.92 bits per heavy atom. The first-order chi connectivity index (χ1) is 11.6. The fourth-order valence-corrected chi connectivity index (χ4v) is 3.84. The highest BCUT2D eigenvalue weighted by atomic mass is 15.3. The Morgan fingerprint density at radius 3 is 2.54 bits per heavy atom. The monoisotopic (exact) mass is 318 g/mol. The van der Waals surface area contributed by atoms with Crippen LogP contribution in [0.1, 0.15) is 36.2 Å². The van der Waals surface area contributed by atoms with Crippen LogP contribution in [0.3, 0.4) is 0 Å². The summed E-state index contributed by atoms with van der Waals surface area (Å²) in [6, 6.07) is 10.9. The summed E-state index contributed by atoms with van der Waals surface area (Å²) >= 11 is 0. The van der Waals surface area contributed by atoms with Gasteiger partial charge < -0.3 is 4.99 Å². The van der Waals surface area contributed by atoms with Crippen molar-refractivity contribution in [3.63, 3.8) is 0 Å². The summed E-state index contributed by atoms with van der Waals surface area (Å²) < 4.78 is 2.02. The van der Waals surface area contributed by atoms with E-state index in [9.17, 15) is 0 Å². The van der Waals surface area contributed by atoms with Crippen molar-refractivity contribution in [2.75, 3.05) is 6.54 Å². The molecule has 0 atom stereocenters. The number of rotatable bonds is 4. The standard InChI is InChI=1S/C20H22N4/c1-14-9-18(10-15(2)23-14)24-19-11-17(6-5-16(19)12-22-24)20(13-21-3)7-4-8-20/h5-6,9-12H,3-4,7-8,13H2,1-2H3. The van der Waals surface area contributed by atoms with E-state index < -0.39 is 0 Å². The molecule has 1 aliphatic carbocycles. The molecule has 0 aliphatic heterocycles. The van der Waals surface area contributed by atoms with Gasteiger partial charge in [0.25, 0.3) is 0 Å². The fourth-order valence-electron chi connectivity index (χ4n) is 3.84. The smallest absolute Gasteiger partial charge is 0.0744 e. The molecule has 4 heteroatoms. The fraction of sp³-hybridized carbons (Fsp3) is 0.350. The van der Waals surface area contributed by atoms with Gasteiger partial charge in [-0.3, -0.25) is 4.98 Å². The molecule has 122 valence electrons. The van der Waals surface area contributed by atoms with Crippen LogP contribution in [0.25, 0.3) is 16.6 Å². The van der Waals surface area contributed by atoms with Gasteiger partial charge in [-0.05, 0) is 57.2 Å². The Labute approximate surface area is 142 Å². The third-order valence-electron chi connectivity index (χ3n) is 5.22. The van der Waals surface area contributed by atoms with Crippen LogP contribution in [-0.4, -0.2) is 28.0 Å². The normalized spacial score (nSPS) is 16.1. The lowest BCUT2D eigenvalue weighted by molar-refractivity contribution is 0.254. The third kappa shape index (κ3) is 2.33. The van der Waals surface area contributed by atoms with Crippen molar-refractivity contribution < 1.29 is 0 Å². The highest BCUT2D eigenvalue weighted by molar-refractivity contribution is 5.81. The zero-order valence-electron chi connectivity index (χ0n) is 14.3. The van der Waals surface area contributed by atoms with E-state index in [2.05, 4.69) is 52.1 Å². The Hall–Kier alpha value is -2.49. The second-order valence-electron chi connectivity index (χ2n) is 6.95. The summed E-state index contributed by atoms with van der Waals surface area (Å²) in [6.07, 6.45) is 5.59. The zero-order chi connectivity index (χ0) is 16.7. The molecule has 4 nitrogen and oxygen atoms in total. The van der Waals surface area contributed by atoms with E-state index in [1.165, 1.54) is 24.8 Å². The number of pyridine rings is 1. The molecule has 0 spiro atoms. The molecule has 0 bridgehead atoms. The lowest BCUT2D eigenvalue weighted by Gasteiger charge is -2.41.